The Hall–Kier alpha value is -0.900. The smallest absolute Gasteiger partial charge is 0.263 e. The Bertz CT molecular complexity index is 307. The Labute approximate surface area is 88.6 Å². The Balaban J connectivity index is 2.40. The molecule has 0 spiro atoms. The third kappa shape index (κ3) is 3.10. The number of aryl methyl sites for hydroxylation is 1. The lowest BCUT2D eigenvalue weighted by atomic mass is 10.1. The lowest BCUT2D eigenvalue weighted by Crippen LogP contribution is -2.25. The van der Waals surface area contributed by atoms with Crippen LogP contribution in [0.5, 0.6) is 0 Å². The molecule has 0 aromatic carbocycles. The highest BCUT2D eigenvalue weighted by Crippen LogP contribution is 2.11. The third-order valence-electron chi connectivity index (χ3n) is 1.96. The first-order valence-electron chi connectivity index (χ1n) is 4.79. The van der Waals surface area contributed by atoms with Gasteiger partial charge in [-0.3, -0.25) is 4.79 Å². The Kier molecular flexibility index (Phi) is 4.07. The van der Waals surface area contributed by atoms with E-state index in [0.29, 0.717) is 5.92 Å². The summed E-state index contributed by atoms with van der Waals surface area (Å²) in [5, 5.41) is 2.89. The van der Waals surface area contributed by atoms with Crippen molar-refractivity contribution in [2.45, 2.75) is 27.2 Å². The van der Waals surface area contributed by atoms with E-state index in [0.717, 1.165) is 23.5 Å². The highest BCUT2D eigenvalue weighted by atomic mass is 32.1. The number of carbonyl (C=O) groups is 1. The molecular weight excluding hydrogens is 196 g/mol. The third-order valence-corrected chi connectivity index (χ3v) is 2.89. The lowest BCUT2D eigenvalue weighted by Gasteiger charge is -2.05. The standard InChI is InChI=1S/C10H16N2OS/c1-7(2)4-5-11-10(13)9-8(3)12-6-14-9/h6-7H,4-5H2,1-3H3,(H,11,13). The van der Waals surface area contributed by atoms with Crippen LogP contribution in [0.1, 0.15) is 35.6 Å². The zero-order chi connectivity index (χ0) is 10.6. The van der Waals surface area contributed by atoms with Crippen LogP contribution in [0.4, 0.5) is 0 Å². The van der Waals surface area contributed by atoms with Crippen LogP contribution in [0, 0.1) is 12.8 Å². The first-order chi connectivity index (χ1) is 6.61. The quantitative estimate of drug-likeness (QED) is 0.831. The van der Waals surface area contributed by atoms with Crippen molar-refractivity contribution in [3.05, 3.63) is 16.1 Å². The molecule has 0 unspecified atom stereocenters. The predicted octanol–water partition coefficient (Wildman–Crippen LogP) is 2.23. The molecule has 0 aliphatic rings. The number of rotatable bonds is 4. The summed E-state index contributed by atoms with van der Waals surface area (Å²) < 4.78 is 0. The number of amides is 1. The second-order valence-corrected chi connectivity index (χ2v) is 4.56. The first kappa shape index (κ1) is 11.2. The van der Waals surface area contributed by atoms with Gasteiger partial charge in [-0.2, -0.15) is 0 Å². The topological polar surface area (TPSA) is 42.0 Å². The van der Waals surface area contributed by atoms with Crippen LogP contribution in [0.25, 0.3) is 0 Å². The zero-order valence-electron chi connectivity index (χ0n) is 8.83. The molecule has 78 valence electrons. The minimum absolute atomic E-state index is 0.00523. The maximum atomic E-state index is 11.6. The van der Waals surface area contributed by atoms with Crippen LogP contribution in [0.2, 0.25) is 0 Å². The molecule has 1 N–H and O–H groups in total. The fraction of sp³-hybridized carbons (Fsp3) is 0.600. The highest BCUT2D eigenvalue weighted by molar-refractivity contribution is 7.11. The van der Waals surface area contributed by atoms with Crippen LogP contribution in [0.15, 0.2) is 5.51 Å². The van der Waals surface area contributed by atoms with Gasteiger partial charge in [-0.05, 0) is 19.3 Å². The fourth-order valence-electron chi connectivity index (χ4n) is 1.07. The molecule has 0 aliphatic carbocycles. The van der Waals surface area contributed by atoms with Crippen LogP contribution < -0.4 is 5.32 Å². The van der Waals surface area contributed by atoms with Crippen molar-refractivity contribution in [1.29, 1.82) is 0 Å². The molecule has 0 bridgehead atoms. The van der Waals surface area contributed by atoms with Crippen LogP contribution in [0.3, 0.4) is 0 Å². The first-order valence-corrected chi connectivity index (χ1v) is 5.67. The van der Waals surface area contributed by atoms with E-state index in [1.807, 2.05) is 6.92 Å². The van der Waals surface area contributed by atoms with Crippen molar-refractivity contribution in [2.24, 2.45) is 5.92 Å². The van der Waals surface area contributed by atoms with Crippen molar-refractivity contribution in [2.75, 3.05) is 6.54 Å². The maximum absolute atomic E-state index is 11.6. The number of thiazole rings is 1. The van der Waals surface area contributed by atoms with E-state index in [1.54, 1.807) is 5.51 Å². The summed E-state index contributed by atoms with van der Waals surface area (Å²) in [7, 11) is 0. The average molecular weight is 212 g/mol. The van der Waals surface area contributed by atoms with E-state index < -0.39 is 0 Å². The normalized spacial score (nSPS) is 10.6. The van der Waals surface area contributed by atoms with Gasteiger partial charge in [0.25, 0.3) is 5.91 Å². The van der Waals surface area contributed by atoms with Crippen LogP contribution in [-0.2, 0) is 0 Å². The van der Waals surface area contributed by atoms with Gasteiger partial charge >= 0.3 is 0 Å². The number of carbonyl (C=O) groups excluding carboxylic acids is 1. The Morgan fingerprint density at radius 1 is 1.64 bits per heavy atom. The highest BCUT2D eigenvalue weighted by Gasteiger charge is 2.10. The lowest BCUT2D eigenvalue weighted by molar-refractivity contribution is 0.0955. The summed E-state index contributed by atoms with van der Waals surface area (Å²) in [6, 6.07) is 0. The van der Waals surface area contributed by atoms with Crippen molar-refractivity contribution >= 4 is 17.2 Å². The predicted molar refractivity (Wildman–Crippen MR) is 58.6 cm³/mol. The van der Waals surface area contributed by atoms with Gasteiger partial charge in [-0.15, -0.1) is 11.3 Å². The monoisotopic (exact) mass is 212 g/mol. The van der Waals surface area contributed by atoms with E-state index >= 15 is 0 Å². The summed E-state index contributed by atoms with van der Waals surface area (Å²) in [5.41, 5.74) is 2.52. The van der Waals surface area contributed by atoms with E-state index in [2.05, 4.69) is 24.1 Å². The second-order valence-electron chi connectivity index (χ2n) is 3.71. The van der Waals surface area contributed by atoms with E-state index in [9.17, 15) is 4.79 Å². The minimum atomic E-state index is 0.00523. The number of hydrogen-bond acceptors (Lipinski definition) is 3. The van der Waals surface area contributed by atoms with Crippen molar-refractivity contribution in [1.82, 2.24) is 10.3 Å². The average Bonchev–Trinajstić information content (AvgIpc) is 2.50. The fourth-order valence-corrected chi connectivity index (χ4v) is 1.79. The second kappa shape index (κ2) is 5.10. The molecule has 0 aliphatic heterocycles. The van der Waals surface area contributed by atoms with Crippen molar-refractivity contribution < 1.29 is 4.79 Å². The molecule has 0 saturated carbocycles. The van der Waals surface area contributed by atoms with Crippen molar-refractivity contribution in [3.63, 3.8) is 0 Å². The molecule has 1 amide bonds. The van der Waals surface area contributed by atoms with Crippen LogP contribution in [-0.4, -0.2) is 17.4 Å². The molecule has 14 heavy (non-hydrogen) atoms. The summed E-state index contributed by atoms with van der Waals surface area (Å²) in [4.78, 5) is 16.3. The molecular formula is C10H16N2OS. The van der Waals surface area contributed by atoms with Gasteiger partial charge in [0, 0.05) is 6.54 Å². The molecule has 3 nitrogen and oxygen atoms in total. The van der Waals surface area contributed by atoms with Crippen LogP contribution >= 0.6 is 11.3 Å². The molecule has 0 fully saturated rings. The molecule has 0 saturated heterocycles. The zero-order valence-corrected chi connectivity index (χ0v) is 9.65. The van der Waals surface area contributed by atoms with Gasteiger partial charge in [0.2, 0.25) is 0 Å². The Morgan fingerprint density at radius 3 is 2.86 bits per heavy atom. The summed E-state index contributed by atoms with van der Waals surface area (Å²) in [5.74, 6) is 0.628. The molecule has 1 heterocycles. The largest absolute Gasteiger partial charge is 0.351 e. The summed E-state index contributed by atoms with van der Waals surface area (Å²) in [6.07, 6.45) is 1.02. The SMILES string of the molecule is Cc1ncsc1C(=O)NCCC(C)C. The van der Waals surface area contributed by atoms with Gasteiger partial charge in [0.05, 0.1) is 11.2 Å². The number of nitrogens with zero attached hydrogens (tertiary/aromatic N) is 1. The molecule has 1 aromatic heterocycles. The number of aromatic nitrogens is 1. The molecule has 0 radical (unpaired) electrons. The molecule has 4 heteroatoms. The number of nitrogens with one attached hydrogen (secondary N) is 1. The molecule has 1 aromatic rings. The van der Waals surface area contributed by atoms with E-state index in [4.69, 9.17) is 0 Å². The maximum Gasteiger partial charge on any atom is 0.263 e. The van der Waals surface area contributed by atoms with Gasteiger partial charge in [0.1, 0.15) is 4.88 Å². The Morgan fingerprint density at radius 2 is 2.36 bits per heavy atom. The summed E-state index contributed by atoms with van der Waals surface area (Å²) >= 11 is 1.39. The van der Waals surface area contributed by atoms with E-state index in [1.165, 1.54) is 11.3 Å². The molecule has 0 atom stereocenters. The van der Waals surface area contributed by atoms with Gasteiger partial charge in [0.15, 0.2) is 0 Å². The number of hydrogen-bond donors (Lipinski definition) is 1. The van der Waals surface area contributed by atoms with Gasteiger partial charge < -0.3 is 5.32 Å². The molecule has 1 rings (SSSR count). The van der Waals surface area contributed by atoms with Gasteiger partial charge in [-0.25, -0.2) is 4.98 Å². The van der Waals surface area contributed by atoms with Crippen molar-refractivity contribution in [3.8, 4) is 0 Å². The minimum Gasteiger partial charge on any atom is -0.351 e. The van der Waals surface area contributed by atoms with Gasteiger partial charge in [-0.1, -0.05) is 13.8 Å². The van der Waals surface area contributed by atoms with E-state index in [-0.39, 0.29) is 5.91 Å². The summed E-state index contributed by atoms with van der Waals surface area (Å²) in [6.45, 7) is 6.88.